The maximum atomic E-state index is 12.9. The highest BCUT2D eigenvalue weighted by molar-refractivity contribution is 5.87. The second-order valence-electron chi connectivity index (χ2n) is 8.97. The molecule has 2 saturated heterocycles. The minimum Gasteiger partial charge on any atom is -0.493 e. The summed E-state index contributed by atoms with van der Waals surface area (Å²) in [5.41, 5.74) is 0.608. The van der Waals surface area contributed by atoms with E-state index in [-0.39, 0.29) is 11.9 Å². The smallest absolute Gasteiger partial charge is 0.262 e. The SMILES string of the molecule is COc1ccc2c3c1O[C@H]1C(=O)NCC[C@@]4(O)[C@@H](C2)N(CC2CC2)CC[C@]314. The van der Waals surface area contributed by atoms with Crippen molar-refractivity contribution >= 4 is 5.91 Å². The molecule has 3 fully saturated rings. The molecule has 0 aromatic heterocycles. The van der Waals surface area contributed by atoms with Crippen LogP contribution in [-0.2, 0) is 16.6 Å². The first-order valence-corrected chi connectivity index (χ1v) is 10.2. The minimum absolute atomic E-state index is 0.0393. The largest absolute Gasteiger partial charge is 0.493 e. The third-order valence-electron chi connectivity index (χ3n) is 7.76. The standard InChI is InChI=1S/C21H26N2O4/c1-26-14-5-4-13-10-15-21(25)6-8-22-19(24)18-20(21,16(13)17(14)27-18)7-9-23(15)11-12-2-3-12/h4-5,12,15,18,25H,2-3,6-11H2,1H3,(H,22,24)/t15-,18+,20+,21-/m1/s1. The summed E-state index contributed by atoms with van der Waals surface area (Å²) in [6.45, 7) is 2.47. The molecule has 6 heteroatoms. The van der Waals surface area contributed by atoms with Crippen LogP contribution in [-0.4, -0.2) is 60.4 Å². The molecule has 5 aliphatic rings. The molecule has 1 amide bonds. The number of carbonyl (C=O) groups excluding carboxylic acids is 1. The number of rotatable bonds is 3. The van der Waals surface area contributed by atoms with Gasteiger partial charge in [0.25, 0.3) is 5.91 Å². The molecule has 2 bridgehead atoms. The van der Waals surface area contributed by atoms with E-state index in [1.807, 2.05) is 6.07 Å². The van der Waals surface area contributed by atoms with E-state index in [4.69, 9.17) is 9.47 Å². The number of nitrogens with zero attached hydrogens (tertiary/aromatic N) is 1. The topological polar surface area (TPSA) is 71.0 Å². The van der Waals surface area contributed by atoms with Crippen LogP contribution < -0.4 is 14.8 Å². The third-order valence-corrected chi connectivity index (χ3v) is 7.76. The number of nitrogens with one attached hydrogen (secondary N) is 1. The first-order chi connectivity index (χ1) is 13.1. The van der Waals surface area contributed by atoms with Crippen LogP contribution in [0.1, 0.15) is 36.8 Å². The number of likely N-dealkylation sites (tertiary alicyclic amines) is 1. The molecule has 2 aliphatic carbocycles. The fourth-order valence-electron chi connectivity index (χ4n) is 6.37. The zero-order valence-electron chi connectivity index (χ0n) is 15.7. The number of hydrogen-bond donors (Lipinski definition) is 2. The fraction of sp³-hybridized carbons (Fsp3) is 0.667. The summed E-state index contributed by atoms with van der Waals surface area (Å²) in [5.74, 6) is 2.00. The van der Waals surface area contributed by atoms with Gasteiger partial charge in [0.15, 0.2) is 17.6 Å². The first-order valence-electron chi connectivity index (χ1n) is 10.2. The van der Waals surface area contributed by atoms with Gasteiger partial charge in [0.1, 0.15) is 0 Å². The monoisotopic (exact) mass is 370 g/mol. The fourth-order valence-corrected chi connectivity index (χ4v) is 6.37. The Morgan fingerprint density at radius 1 is 1.37 bits per heavy atom. The molecule has 2 N–H and O–H groups in total. The molecule has 1 aromatic carbocycles. The predicted octanol–water partition coefficient (Wildman–Crippen LogP) is 0.985. The summed E-state index contributed by atoms with van der Waals surface area (Å²) in [6.07, 6.45) is 4.05. The molecule has 0 radical (unpaired) electrons. The molecule has 0 unspecified atom stereocenters. The second kappa shape index (κ2) is 5.17. The van der Waals surface area contributed by atoms with E-state index in [1.165, 1.54) is 18.4 Å². The average molecular weight is 370 g/mol. The molecule has 144 valence electrons. The number of aliphatic hydroxyl groups is 1. The number of piperidine rings is 1. The predicted molar refractivity (Wildman–Crippen MR) is 98.1 cm³/mol. The Kier molecular flexibility index (Phi) is 3.10. The highest BCUT2D eigenvalue weighted by Gasteiger charge is 2.72. The third kappa shape index (κ3) is 1.86. The van der Waals surface area contributed by atoms with Crippen molar-refractivity contribution < 1.29 is 19.4 Å². The van der Waals surface area contributed by atoms with Crippen LogP contribution in [0.2, 0.25) is 0 Å². The Morgan fingerprint density at radius 3 is 3.00 bits per heavy atom. The Balaban J connectivity index is 1.58. The van der Waals surface area contributed by atoms with E-state index in [0.29, 0.717) is 24.5 Å². The van der Waals surface area contributed by atoms with Gasteiger partial charge in [-0.3, -0.25) is 9.69 Å². The van der Waals surface area contributed by atoms with Crippen LogP contribution >= 0.6 is 0 Å². The zero-order chi connectivity index (χ0) is 18.4. The minimum atomic E-state index is -0.964. The average Bonchev–Trinajstić information content (AvgIpc) is 3.41. The lowest BCUT2D eigenvalue weighted by Gasteiger charge is -2.60. The molecule has 1 aromatic rings. The van der Waals surface area contributed by atoms with Gasteiger partial charge in [0.2, 0.25) is 0 Å². The maximum Gasteiger partial charge on any atom is 0.262 e. The summed E-state index contributed by atoms with van der Waals surface area (Å²) in [4.78, 5) is 15.5. The van der Waals surface area contributed by atoms with E-state index in [2.05, 4.69) is 16.3 Å². The summed E-state index contributed by atoms with van der Waals surface area (Å²) < 4.78 is 11.8. The van der Waals surface area contributed by atoms with Crippen molar-refractivity contribution in [3.8, 4) is 11.5 Å². The summed E-state index contributed by atoms with van der Waals surface area (Å²) >= 11 is 0. The Bertz CT molecular complexity index is 838. The normalized spacial score (nSPS) is 39.3. The number of ether oxygens (including phenoxy) is 2. The van der Waals surface area contributed by atoms with Gasteiger partial charge in [-0.25, -0.2) is 0 Å². The van der Waals surface area contributed by atoms with Gasteiger partial charge in [-0.05, 0) is 56.2 Å². The molecule has 1 spiro atoms. The summed E-state index contributed by atoms with van der Waals surface area (Å²) in [7, 11) is 1.63. The van der Waals surface area contributed by atoms with Crippen LogP contribution in [0.3, 0.4) is 0 Å². The van der Waals surface area contributed by atoms with E-state index >= 15 is 0 Å². The number of carbonyl (C=O) groups is 1. The van der Waals surface area contributed by atoms with Crippen LogP contribution in [0.5, 0.6) is 11.5 Å². The van der Waals surface area contributed by atoms with Gasteiger partial charge in [0.05, 0.1) is 18.1 Å². The van der Waals surface area contributed by atoms with Crippen molar-refractivity contribution in [3.63, 3.8) is 0 Å². The molecule has 1 saturated carbocycles. The van der Waals surface area contributed by atoms with E-state index in [9.17, 15) is 9.90 Å². The van der Waals surface area contributed by atoms with Crippen molar-refractivity contribution in [2.45, 2.75) is 55.3 Å². The molecule has 3 heterocycles. The highest BCUT2D eigenvalue weighted by Crippen LogP contribution is 2.63. The van der Waals surface area contributed by atoms with Gasteiger partial charge in [0, 0.05) is 24.7 Å². The molecule has 4 atom stereocenters. The zero-order valence-corrected chi connectivity index (χ0v) is 15.7. The number of hydrogen-bond acceptors (Lipinski definition) is 5. The quantitative estimate of drug-likeness (QED) is 0.830. The van der Waals surface area contributed by atoms with Gasteiger partial charge in [-0.15, -0.1) is 0 Å². The lowest BCUT2D eigenvalue weighted by molar-refractivity contribution is -0.168. The molecule has 6 rings (SSSR count). The first kappa shape index (κ1) is 16.2. The van der Waals surface area contributed by atoms with Crippen molar-refractivity contribution in [1.29, 1.82) is 0 Å². The lowest BCUT2D eigenvalue weighted by Crippen LogP contribution is -2.74. The van der Waals surface area contributed by atoms with Crippen LogP contribution in [0.4, 0.5) is 0 Å². The van der Waals surface area contributed by atoms with E-state index in [1.54, 1.807) is 7.11 Å². The Hall–Kier alpha value is -1.79. The number of benzene rings is 1. The molecule has 27 heavy (non-hydrogen) atoms. The highest BCUT2D eigenvalue weighted by atomic mass is 16.5. The van der Waals surface area contributed by atoms with Crippen molar-refractivity contribution in [3.05, 3.63) is 23.3 Å². The van der Waals surface area contributed by atoms with Crippen molar-refractivity contribution in [2.24, 2.45) is 5.92 Å². The number of methoxy groups -OCH3 is 1. The molecule has 3 aliphatic heterocycles. The van der Waals surface area contributed by atoms with Crippen LogP contribution in [0.25, 0.3) is 0 Å². The second-order valence-corrected chi connectivity index (χ2v) is 8.97. The van der Waals surface area contributed by atoms with Crippen molar-refractivity contribution in [1.82, 2.24) is 10.2 Å². The van der Waals surface area contributed by atoms with Crippen LogP contribution in [0, 0.1) is 5.92 Å². The molecular weight excluding hydrogens is 344 g/mol. The van der Waals surface area contributed by atoms with E-state index in [0.717, 1.165) is 37.4 Å². The lowest BCUT2D eigenvalue weighted by atomic mass is 9.52. The maximum absolute atomic E-state index is 12.9. The van der Waals surface area contributed by atoms with Crippen molar-refractivity contribution in [2.75, 3.05) is 26.7 Å². The Morgan fingerprint density at radius 2 is 2.22 bits per heavy atom. The van der Waals surface area contributed by atoms with Crippen LogP contribution in [0.15, 0.2) is 12.1 Å². The van der Waals surface area contributed by atoms with Gasteiger partial charge < -0.3 is 19.9 Å². The van der Waals surface area contributed by atoms with E-state index < -0.39 is 17.1 Å². The summed E-state index contributed by atoms with van der Waals surface area (Å²) in [6, 6.07) is 4.10. The molecular formula is C21H26N2O4. The van der Waals surface area contributed by atoms with Gasteiger partial charge >= 0.3 is 0 Å². The number of amides is 1. The molecule has 6 nitrogen and oxygen atoms in total. The summed E-state index contributed by atoms with van der Waals surface area (Å²) in [5, 5.41) is 15.2. The Labute approximate surface area is 158 Å². The van der Waals surface area contributed by atoms with Gasteiger partial charge in [-0.2, -0.15) is 0 Å². The van der Waals surface area contributed by atoms with Gasteiger partial charge in [-0.1, -0.05) is 6.07 Å².